The average molecular weight is 420 g/mol. The fourth-order valence-electron chi connectivity index (χ4n) is 1.85. The van der Waals surface area contributed by atoms with Gasteiger partial charge in [-0.15, -0.1) is 0 Å². The fraction of sp³-hybridized carbons (Fsp3) is 0.571. The Labute approximate surface area is 164 Å². The van der Waals surface area contributed by atoms with Crippen LogP contribution in [0.3, 0.4) is 0 Å². The number of nitrogens with one attached hydrogen (secondary N) is 4. The molecule has 4 atom stereocenters. The summed E-state index contributed by atoms with van der Waals surface area (Å²) in [6.07, 6.45) is -1.95. The minimum Gasteiger partial charge on any atom is -0.480 e. The monoisotopic (exact) mass is 420 g/mol. The van der Waals surface area contributed by atoms with Crippen molar-refractivity contribution in [2.45, 2.75) is 44.5 Å². The van der Waals surface area contributed by atoms with Gasteiger partial charge in [0.2, 0.25) is 5.91 Å². The van der Waals surface area contributed by atoms with E-state index >= 15 is 0 Å². The van der Waals surface area contributed by atoms with Crippen LogP contribution in [-0.2, 0) is 28.7 Å². The van der Waals surface area contributed by atoms with E-state index in [1.54, 1.807) is 0 Å². The van der Waals surface area contributed by atoms with Crippen LogP contribution in [0.4, 0.5) is 4.79 Å². The summed E-state index contributed by atoms with van der Waals surface area (Å²) in [6.45, 7) is 1.55. The Bertz CT molecular complexity index is 655. The van der Waals surface area contributed by atoms with E-state index in [-0.39, 0.29) is 0 Å². The standard InChI is InChI=1S/C14H24N6O9/c1-5(29-6(2)22)10(13(26)27)18-14(28)17-8(3-9(16)23)12(25)20-19-11(24)7(15)4-21/h5,7-8,10,21H,3-4,15H2,1-2H3,(H2,16,23)(H,19,24)(H,20,25)(H,26,27)(H2,17,18,28). The molecular weight excluding hydrogens is 396 g/mol. The zero-order valence-corrected chi connectivity index (χ0v) is 15.6. The third-order valence-electron chi connectivity index (χ3n) is 3.24. The van der Waals surface area contributed by atoms with Crippen LogP contribution in [0, 0.1) is 0 Å². The number of aliphatic hydroxyl groups excluding tert-OH is 1. The van der Waals surface area contributed by atoms with Gasteiger partial charge < -0.3 is 37.1 Å². The SMILES string of the molecule is CC(=O)OC(C)C(NC(=O)NC(CC(N)=O)C(=O)NNC(=O)C(N)CO)C(=O)O. The van der Waals surface area contributed by atoms with Gasteiger partial charge in [-0.2, -0.15) is 0 Å². The number of amides is 5. The van der Waals surface area contributed by atoms with Crippen molar-refractivity contribution < 1.29 is 43.7 Å². The second-order valence-electron chi connectivity index (χ2n) is 5.74. The molecule has 0 heterocycles. The Kier molecular flexibility index (Phi) is 10.6. The summed E-state index contributed by atoms with van der Waals surface area (Å²) in [5, 5.41) is 21.9. The number of ether oxygens (including phenoxy) is 1. The largest absolute Gasteiger partial charge is 0.480 e. The van der Waals surface area contributed by atoms with Crippen LogP contribution in [0.15, 0.2) is 0 Å². The maximum absolute atomic E-state index is 12.1. The molecule has 10 N–H and O–H groups in total. The second-order valence-corrected chi connectivity index (χ2v) is 5.74. The maximum atomic E-state index is 12.1. The number of carbonyl (C=O) groups excluding carboxylic acids is 5. The minimum absolute atomic E-state index is 0.696. The molecule has 164 valence electrons. The van der Waals surface area contributed by atoms with Crippen molar-refractivity contribution in [2.24, 2.45) is 11.5 Å². The van der Waals surface area contributed by atoms with Gasteiger partial charge in [-0.05, 0) is 6.92 Å². The molecule has 29 heavy (non-hydrogen) atoms. The molecule has 0 aliphatic carbocycles. The predicted octanol–water partition coefficient (Wildman–Crippen LogP) is -4.60. The van der Waals surface area contributed by atoms with Crippen molar-refractivity contribution >= 4 is 35.7 Å². The van der Waals surface area contributed by atoms with Gasteiger partial charge in [-0.25, -0.2) is 9.59 Å². The van der Waals surface area contributed by atoms with E-state index in [1.807, 2.05) is 21.5 Å². The molecule has 0 bridgehead atoms. The van der Waals surface area contributed by atoms with Gasteiger partial charge in [-0.3, -0.25) is 30.0 Å². The van der Waals surface area contributed by atoms with Gasteiger partial charge in [0.05, 0.1) is 13.0 Å². The number of hydrazine groups is 1. The molecule has 0 aliphatic heterocycles. The molecular formula is C14H24N6O9. The summed E-state index contributed by atoms with van der Waals surface area (Å²) in [7, 11) is 0. The van der Waals surface area contributed by atoms with Crippen LogP contribution in [0.2, 0.25) is 0 Å². The second kappa shape index (κ2) is 12.1. The Hall–Kier alpha value is -3.46. The molecule has 5 amide bonds. The Morgan fingerprint density at radius 3 is 2.03 bits per heavy atom. The molecule has 0 saturated carbocycles. The Morgan fingerprint density at radius 2 is 1.59 bits per heavy atom. The first-order valence-corrected chi connectivity index (χ1v) is 8.10. The lowest BCUT2D eigenvalue weighted by Crippen LogP contribution is -2.59. The fourth-order valence-corrected chi connectivity index (χ4v) is 1.85. The quantitative estimate of drug-likeness (QED) is 0.124. The lowest BCUT2D eigenvalue weighted by molar-refractivity contribution is -0.152. The van der Waals surface area contributed by atoms with Crippen LogP contribution in [-0.4, -0.2) is 76.7 Å². The summed E-state index contributed by atoms with van der Waals surface area (Å²) >= 11 is 0. The number of carboxylic acids is 1. The topological polar surface area (TPSA) is 252 Å². The highest BCUT2D eigenvalue weighted by Gasteiger charge is 2.31. The molecule has 0 aromatic rings. The molecule has 0 fully saturated rings. The van der Waals surface area contributed by atoms with Gasteiger partial charge in [-0.1, -0.05) is 0 Å². The average Bonchev–Trinajstić information content (AvgIpc) is 2.61. The van der Waals surface area contributed by atoms with E-state index in [2.05, 4.69) is 0 Å². The van der Waals surface area contributed by atoms with Gasteiger partial charge in [0.15, 0.2) is 6.04 Å². The molecule has 0 radical (unpaired) electrons. The van der Waals surface area contributed by atoms with Gasteiger partial charge >= 0.3 is 18.0 Å². The summed E-state index contributed by atoms with van der Waals surface area (Å²) in [4.78, 5) is 68.9. The predicted molar refractivity (Wildman–Crippen MR) is 93.3 cm³/mol. The number of esters is 1. The third-order valence-corrected chi connectivity index (χ3v) is 3.24. The summed E-state index contributed by atoms with van der Waals surface area (Å²) in [5.74, 6) is -5.35. The van der Waals surface area contributed by atoms with Crippen LogP contribution in [0.5, 0.6) is 0 Å². The number of nitrogens with two attached hydrogens (primary N) is 2. The minimum atomic E-state index is -1.67. The number of hydrogen-bond acceptors (Lipinski definition) is 9. The van der Waals surface area contributed by atoms with Gasteiger partial charge in [0.1, 0.15) is 18.2 Å². The van der Waals surface area contributed by atoms with Crippen molar-refractivity contribution in [3.05, 3.63) is 0 Å². The van der Waals surface area contributed by atoms with Crippen LogP contribution in [0.1, 0.15) is 20.3 Å². The van der Waals surface area contributed by atoms with Crippen molar-refractivity contribution in [3.63, 3.8) is 0 Å². The number of hydrogen-bond donors (Lipinski definition) is 8. The van der Waals surface area contributed by atoms with Gasteiger partial charge in [0, 0.05) is 6.92 Å². The van der Waals surface area contributed by atoms with E-state index in [0.717, 1.165) is 6.92 Å². The lowest BCUT2D eigenvalue weighted by Gasteiger charge is -2.23. The first-order valence-electron chi connectivity index (χ1n) is 8.10. The number of urea groups is 1. The van der Waals surface area contributed by atoms with Crippen molar-refractivity contribution in [3.8, 4) is 0 Å². The molecule has 0 spiro atoms. The normalized spacial score (nSPS) is 14.3. The maximum Gasteiger partial charge on any atom is 0.330 e. The number of carboxylic acid groups (broad SMARTS) is 1. The lowest BCUT2D eigenvalue weighted by atomic mass is 10.1. The van der Waals surface area contributed by atoms with E-state index in [9.17, 15) is 28.8 Å². The summed E-state index contributed by atoms with van der Waals surface area (Å²) in [6, 6.07) is -5.80. The van der Waals surface area contributed by atoms with Crippen molar-refractivity contribution in [1.29, 1.82) is 0 Å². The first-order chi connectivity index (χ1) is 13.4. The van der Waals surface area contributed by atoms with E-state index in [0.29, 0.717) is 0 Å². The molecule has 0 aromatic heterocycles. The zero-order chi connectivity index (χ0) is 22.7. The highest BCUT2D eigenvalue weighted by Crippen LogP contribution is 2.01. The van der Waals surface area contributed by atoms with Crippen LogP contribution < -0.4 is 33.0 Å². The highest BCUT2D eigenvalue weighted by atomic mass is 16.5. The van der Waals surface area contributed by atoms with Crippen molar-refractivity contribution in [1.82, 2.24) is 21.5 Å². The molecule has 0 rings (SSSR count). The Balaban J connectivity index is 5.06. The highest BCUT2D eigenvalue weighted by molar-refractivity contribution is 5.93. The Morgan fingerprint density at radius 1 is 1.03 bits per heavy atom. The number of primary amides is 1. The van der Waals surface area contributed by atoms with Crippen molar-refractivity contribution in [2.75, 3.05) is 6.61 Å². The van der Waals surface area contributed by atoms with E-state index in [4.69, 9.17) is 26.4 Å². The molecule has 15 heteroatoms. The number of aliphatic hydroxyl groups is 1. The smallest absolute Gasteiger partial charge is 0.330 e. The molecule has 15 nitrogen and oxygen atoms in total. The number of rotatable bonds is 10. The van der Waals surface area contributed by atoms with Crippen LogP contribution in [0.25, 0.3) is 0 Å². The number of aliphatic carboxylic acids is 1. The van der Waals surface area contributed by atoms with Gasteiger partial charge in [0.25, 0.3) is 11.8 Å². The third kappa shape index (κ3) is 9.87. The summed E-state index contributed by atoms with van der Waals surface area (Å²) in [5.41, 5.74) is 14.0. The zero-order valence-electron chi connectivity index (χ0n) is 15.6. The van der Waals surface area contributed by atoms with E-state index < -0.39 is 72.9 Å². The van der Waals surface area contributed by atoms with Crippen LogP contribution >= 0.6 is 0 Å². The molecule has 0 saturated heterocycles. The molecule has 0 aliphatic rings. The summed E-state index contributed by atoms with van der Waals surface area (Å²) < 4.78 is 4.69. The molecule has 4 unspecified atom stereocenters. The van der Waals surface area contributed by atoms with E-state index in [1.165, 1.54) is 6.92 Å². The number of carbonyl (C=O) groups is 6. The first kappa shape index (κ1) is 25.5. The molecule has 0 aromatic carbocycles.